The van der Waals surface area contributed by atoms with E-state index in [-0.39, 0.29) is 17.8 Å². The van der Waals surface area contributed by atoms with Crippen LogP contribution in [0.3, 0.4) is 0 Å². The summed E-state index contributed by atoms with van der Waals surface area (Å²) in [4.78, 5) is 26.9. The highest BCUT2D eigenvalue weighted by Gasteiger charge is 2.15. The maximum Gasteiger partial charge on any atom is 0.339 e. The first-order chi connectivity index (χ1) is 9.99. The van der Waals surface area contributed by atoms with Crippen molar-refractivity contribution in [2.24, 2.45) is 0 Å². The third-order valence-corrected chi connectivity index (χ3v) is 3.40. The van der Waals surface area contributed by atoms with Crippen molar-refractivity contribution in [1.82, 2.24) is 4.98 Å². The molecule has 21 heavy (non-hydrogen) atoms. The summed E-state index contributed by atoms with van der Waals surface area (Å²) in [7, 11) is 0. The van der Waals surface area contributed by atoms with Gasteiger partial charge in [-0.3, -0.25) is 4.79 Å². The number of nitrogens with zero attached hydrogens (tertiary/aromatic N) is 1. The van der Waals surface area contributed by atoms with Gasteiger partial charge in [0.2, 0.25) is 5.91 Å². The van der Waals surface area contributed by atoms with Crippen LogP contribution in [0.1, 0.15) is 15.9 Å². The molecule has 2 rings (SSSR count). The normalized spacial score (nSPS) is 10.2. The second kappa shape index (κ2) is 6.56. The number of anilines is 1. The molecule has 0 spiro atoms. The average Bonchev–Trinajstić information content (AvgIpc) is 2.43. The van der Waals surface area contributed by atoms with Crippen LogP contribution >= 0.6 is 23.2 Å². The third-order valence-electron chi connectivity index (χ3n) is 2.69. The second-order valence-electron chi connectivity index (χ2n) is 4.13. The van der Waals surface area contributed by atoms with Gasteiger partial charge in [0, 0.05) is 16.2 Å². The predicted octanol–water partition coefficient (Wildman–Crippen LogP) is 3.27. The summed E-state index contributed by atoms with van der Waals surface area (Å²) in [5.74, 6) is -1.64. The van der Waals surface area contributed by atoms with Crippen LogP contribution in [0, 0.1) is 0 Å². The summed E-state index contributed by atoms with van der Waals surface area (Å²) in [6.45, 7) is 0. The lowest BCUT2D eigenvalue weighted by atomic mass is 10.1. The van der Waals surface area contributed by atoms with Crippen molar-refractivity contribution in [3.63, 3.8) is 0 Å². The Hall–Kier alpha value is -2.11. The molecule has 0 radical (unpaired) electrons. The second-order valence-corrected chi connectivity index (χ2v) is 4.94. The number of nitrogens with one attached hydrogen (secondary N) is 1. The molecule has 0 aliphatic rings. The van der Waals surface area contributed by atoms with Gasteiger partial charge in [0.25, 0.3) is 0 Å². The fourth-order valence-corrected chi connectivity index (χ4v) is 2.25. The molecule has 5 nitrogen and oxygen atoms in total. The summed E-state index contributed by atoms with van der Waals surface area (Å²) in [5.41, 5.74) is 0.391. The first-order valence-electron chi connectivity index (χ1n) is 5.90. The van der Waals surface area contributed by atoms with Crippen LogP contribution in [0.4, 0.5) is 5.82 Å². The molecule has 0 saturated heterocycles. The molecular formula is C14H10Cl2N2O3. The number of aromatic nitrogens is 1. The fourth-order valence-electron chi connectivity index (χ4n) is 1.72. The largest absolute Gasteiger partial charge is 0.478 e. The summed E-state index contributed by atoms with van der Waals surface area (Å²) >= 11 is 12.0. The highest BCUT2D eigenvalue weighted by atomic mass is 35.5. The van der Waals surface area contributed by atoms with E-state index in [2.05, 4.69) is 10.3 Å². The van der Waals surface area contributed by atoms with Gasteiger partial charge in [-0.05, 0) is 29.8 Å². The monoisotopic (exact) mass is 324 g/mol. The van der Waals surface area contributed by atoms with Crippen LogP contribution in [0.25, 0.3) is 0 Å². The van der Waals surface area contributed by atoms with Crippen LogP contribution < -0.4 is 5.32 Å². The van der Waals surface area contributed by atoms with Crippen molar-refractivity contribution >= 4 is 40.9 Å². The molecule has 0 aliphatic heterocycles. The lowest BCUT2D eigenvalue weighted by molar-refractivity contribution is -0.115. The zero-order chi connectivity index (χ0) is 15.4. The van der Waals surface area contributed by atoms with Crippen molar-refractivity contribution in [2.45, 2.75) is 6.42 Å². The molecule has 1 heterocycles. The molecule has 0 saturated carbocycles. The zero-order valence-electron chi connectivity index (χ0n) is 10.6. The minimum atomic E-state index is -1.17. The van der Waals surface area contributed by atoms with Crippen LogP contribution in [0.2, 0.25) is 10.0 Å². The van der Waals surface area contributed by atoms with E-state index in [1.54, 1.807) is 18.2 Å². The minimum absolute atomic E-state index is 0.0156. The van der Waals surface area contributed by atoms with E-state index >= 15 is 0 Å². The SMILES string of the molecule is O=C(Cc1c(Cl)cccc1Cl)Nc1ncccc1C(=O)O. The van der Waals surface area contributed by atoms with E-state index in [1.807, 2.05) is 0 Å². The van der Waals surface area contributed by atoms with E-state index in [1.165, 1.54) is 18.3 Å². The molecule has 2 N–H and O–H groups in total. The number of carbonyl (C=O) groups excluding carboxylic acids is 1. The summed E-state index contributed by atoms with van der Waals surface area (Å²) in [5, 5.41) is 12.2. The van der Waals surface area contributed by atoms with E-state index in [9.17, 15) is 9.59 Å². The van der Waals surface area contributed by atoms with Gasteiger partial charge in [0.05, 0.1) is 6.42 Å². The standard InChI is InChI=1S/C14H10Cl2N2O3/c15-10-4-1-5-11(16)9(10)7-12(19)18-13-8(14(20)21)3-2-6-17-13/h1-6H,7H2,(H,20,21)(H,17,18,19). The van der Waals surface area contributed by atoms with Crippen LogP contribution in [0.5, 0.6) is 0 Å². The predicted molar refractivity (Wildman–Crippen MR) is 80.0 cm³/mol. The number of pyridine rings is 1. The quantitative estimate of drug-likeness (QED) is 0.904. The molecule has 7 heteroatoms. The highest BCUT2D eigenvalue weighted by Crippen LogP contribution is 2.25. The maximum atomic E-state index is 12.0. The fraction of sp³-hybridized carbons (Fsp3) is 0.0714. The number of halogens is 2. The van der Waals surface area contributed by atoms with Crippen molar-refractivity contribution in [2.75, 3.05) is 5.32 Å². The number of carboxylic acid groups (broad SMARTS) is 1. The Bertz CT molecular complexity index is 684. The van der Waals surface area contributed by atoms with Crippen molar-refractivity contribution in [3.8, 4) is 0 Å². The number of hydrogen-bond donors (Lipinski definition) is 2. The number of rotatable bonds is 4. The Morgan fingerprint density at radius 1 is 1.14 bits per heavy atom. The third kappa shape index (κ3) is 3.71. The van der Waals surface area contributed by atoms with Gasteiger partial charge in [0.1, 0.15) is 11.4 Å². The van der Waals surface area contributed by atoms with Crippen molar-refractivity contribution in [3.05, 3.63) is 57.7 Å². The van der Waals surface area contributed by atoms with Crippen LogP contribution in [-0.2, 0) is 11.2 Å². The first-order valence-corrected chi connectivity index (χ1v) is 6.65. The molecular weight excluding hydrogens is 315 g/mol. The van der Waals surface area contributed by atoms with Gasteiger partial charge in [-0.25, -0.2) is 9.78 Å². The first kappa shape index (κ1) is 15.3. The Balaban J connectivity index is 2.18. The number of carbonyl (C=O) groups is 2. The Labute approximate surface area is 130 Å². The van der Waals surface area contributed by atoms with Crippen molar-refractivity contribution < 1.29 is 14.7 Å². The van der Waals surface area contributed by atoms with Gasteiger partial charge in [0.15, 0.2) is 0 Å². The van der Waals surface area contributed by atoms with Gasteiger partial charge < -0.3 is 10.4 Å². The minimum Gasteiger partial charge on any atom is -0.478 e. The summed E-state index contributed by atoms with van der Waals surface area (Å²) < 4.78 is 0. The molecule has 0 atom stereocenters. The van der Waals surface area contributed by atoms with Gasteiger partial charge >= 0.3 is 5.97 Å². The Morgan fingerprint density at radius 3 is 2.43 bits per heavy atom. The molecule has 1 aromatic carbocycles. The van der Waals surface area contributed by atoms with E-state index in [4.69, 9.17) is 28.3 Å². The molecule has 1 amide bonds. The summed E-state index contributed by atoms with van der Waals surface area (Å²) in [6, 6.07) is 7.75. The zero-order valence-corrected chi connectivity index (χ0v) is 12.1. The lowest BCUT2D eigenvalue weighted by Gasteiger charge is -2.09. The molecule has 2 aromatic rings. The molecule has 1 aromatic heterocycles. The Morgan fingerprint density at radius 2 is 1.81 bits per heavy atom. The smallest absolute Gasteiger partial charge is 0.339 e. The van der Waals surface area contributed by atoms with E-state index in [0.29, 0.717) is 15.6 Å². The number of carboxylic acids is 1. The maximum absolute atomic E-state index is 12.0. The summed E-state index contributed by atoms with van der Waals surface area (Å²) in [6.07, 6.45) is 1.32. The molecule has 0 bridgehead atoms. The van der Waals surface area contributed by atoms with Crippen molar-refractivity contribution in [1.29, 1.82) is 0 Å². The van der Waals surface area contributed by atoms with E-state index < -0.39 is 11.9 Å². The van der Waals surface area contributed by atoms with E-state index in [0.717, 1.165) is 0 Å². The Kier molecular flexibility index (Phi) is 4.77. The molecule has 0 unspecified atom stereocenters. The van der Waals surface area contributed by atoms with Crippen LogP contribution in [-0.4, -0.2) is 22.0 Å². The number of hydrogen-bond acceptors (Lipinski definition) is 3. The molecule has 0 aliphatic carbocycles. The average molecular weight is 325 g/mol. The molecule has 0 fully saturated rings. The number of amides is 1. The van der Waals surface area contributed by atoms with Crippen LogP contribution in [0.15, 0.2) is 36.5 Å². The number of benzene rings is 1. The highest BCUT2D eigenvalue weighted by molar-refractivity contribution is 6.36. The number of aromatic carboxylic acids is 1. The van der Waals surface area contributed by atoms with Gasteiger partial charge in [-0.1, -0.05) is 29.3 Å². The van der Waals surface area contributed by atoms with Gasteiger partial charge in [-0.2, -0.15) is 0 Å². The molecule has 108 valence electrons. The lowest BCUT2D eigenvalue weighted by Crippen LogP contribution is -2.18. The van der Waals surface area contributed by atoms with Gasteiger partial charge in [-0.15, -0.1) is 0 Å². The topological polar surface area (TPSA) is 79.3 Å².